The summed E-state index contributed by atoms with van der Waals surface area (Å²) in [5.41, 5.74) is 0.855. The highest BCUT2D eigenvalue weighted by Gasteiger charge is 2.02. The third-order valence-corrected chi connectivity index (χ3v) is 2.89. The molecule has 98 valence electrons. The molecule has 0 heterocycles. The lowest BCUT2D eigenvalue weighted by Gasteiger charge is -2.02. The van der Waals surface area contributed by atoms with E-state index < -0.39 is 10.1 Å². The Morgan fingerprint density at radius 2 is 1.76 bits per heavy atom. The van der Waals surface area contributed by atoms with Gasteiger partial charge in [0.1, 0.15) is 0 Å². The molecule has 0 aliphatic rings. The Balaban J connectivity index is 0.000000770. The van der Waals surface area contributed by atoms with Gasteiger partial charge in [0, 0.05) is 11.5 Å². The topological polar surface area (TPSA) is 63.6 Å². The highest BCUT2D eigenvalue weighted by molar-refractivity contribution is 7.98. The summed E-state index contributed by atoms with van der Waals surface area (Å²) in [5, 5.41) is 7.57. The molecule has 0 aliphatic heterocycles. The Hall–Kier alpha value is -0.560. The maximum Gasteiger partial charge on any atom is 0.264 e. The van der Waals surface area contributed by atoms with Crippen molar-refractivity contribution in [2.75, 3.05) is 19.1 Å². The summed E-state index contributed by atoms with van der Waals surface area (Å²) in [6.45, 7) is 2.04. The van der Waals surface area contributed by atoms with Crippen molar-refractivity contribution in [1.82, 2.24) is 0 Å². The minimum absolute atomic E-state index is 0.105. The highest BCUT2D eigenvalue weighted by atomic mass is 32.2. The summed E-state index contributed by atoms with van der Waals surface area (Å²) in [5.74, 6) is 0. The van der Waals surface area contributed by atoms with Crippen molar-refractivity contribution in [2.45, 2.75) is 18.4 Å². The molecule has 0 aromatic heterocycles. The number of aliphatic hydroxyl groups is 1. The van der Waals surface area contributed by atoms with Gasteiger partial charge in [0.2, 0.25) is 0 Å². The standard InChI is InChI=1S/C9H12O3S2.C2H6O/c1-13-9-5-3-8(4-6-9)7-12-14(2,10)11;1-2-3/h3-6H,7H2,1-2H3;3H,2H2,1H3. The third kappa shape index (κ3) is 9.17. The molecule has 1 aromatic carbocycles. The van der Waals surface area contributed by atoms with Crippen molar-refractivity contribution in [3.05, 3.63) is 29.8 Å². The van der Waals surface area contributed by atoms with E-state index in [4.69, 9.17) is 5.11 Å². The zero-order valence-electron chi connectivity index (χ0n) is 10.2. The van der Waals surface area contributed by atoms with Gasteiger partial charge >= 0.3 is 0 Å². The summed E-state index contributed by atoms with van der Waals surface area (Å²) < 4.78 is 26.1. The van der Waals surface area contributed by atoms with Crippen LogP contribution < -0.4 is 0 Å². The molecule has 0 aliphatic carbocycles. The summed E-state index contributed by atoms with van der Waals surface area (Å²) in [6, 6.07) is 7.59. The van der Waals surface area contributed by atoms with E-state index in [1.165, 1.54) is 0 Å². The fourth-order valence-corrected chi connectivity index (χ4v) is 1.66. The highest BCUT2D eigenvalue weighted by Crippen LogP contribution is 2.15. The molecule has 0 radical (unpaired) electrons. The lowest BCUT2D eigenvalue weighted by atomic mass is 10.2. The fourth-order valence-electron chi connectivity index (χ4n) is 0.897. The predicted molar refractivity (Wildman–Crippen MR) is 70.6 cm³/mol. The van der Waals surface area contributed by atoms with Crippen LogP contribution in [0.4, 0.5) is 0 Å². The van der Waals surface area contributed by atoms with Crippen LogP contribution in [0.3, 0.4) is 0 Å². The number of hydrogen-bond donors (Lipinski definition) is 1. The quantitative estimate of drug-likeness (QED) is 0.673. The van der Waals surface area contributed by atoms with E-state index in [0.717, 1.165) is 16.7 Å². The van der Waals surface area contributed by atoms with Gasteiger partial charge in [-0.2, -0.15) is 8.42 Å². The second kappa shape index (κ2) is 8.52. The van der Waals surface area contributed by atoms with Gasteiger partial charge in [-0.05, 0) is 30.9 Å². The minimum Gasteiger partial charge on any atom is -0.397 e. The van der Waals surface area contributed by atoms with Crippen LogP contribution in [0, 0.1) is 0 Å². The lowest BCUT2D eigenvalue weighted by Crippen LogP contribution is -2.02. The van der Waals surface area contributed by atoms with Crippen LogP contribution in [-0.2, 0) is 20.9 Å². The van der Waals surface area contributed by atoms with Gasteiger partial charge in [-0.15, -0.1) is 11.8 Å². The number of hydrogen-bond acceptors (Lipinski definition) is 5. The maximum absolute atomic E-state index is 10.7. The van der Waals surface area contributed by atoms with Gasteiger partial charge in [0.15, 0.2) is 0 Å². The maximum atomic E-state index is 10.7. The first-order valence-electron chi connectivity index (χ1n) is 5.01. The molecule has 1 N–H and O–H groups in total. The van der Waals surface area contributed by atoms with Crippen molar-refractivity contribution in [3.63, 3.8) is 0 Å². The van der Waals surface area contributed by atoms with E-state index in [-0.39, 0.29) is 13.2 Å². The van der Waals surface area contributed by atoms with Gasteiger partial charge in [-0.1, -0.05) is 12.1 Å². The largest absolute Gasteiger partial charge is 0.397 e. The van der Waals surface area contributed by atoms with E-state index in [9.17, 15) is 8.42 Å². The number of thioether (sulfide) groups is 1. The minimum atomic E-state index is -3.34. The Labute approximate surface area is 107 Å². The number of benzene rings is 1. The molecule has 0 unspecified atom stereocenters. The van der Waals surface area contributed by atoms with Crippen LogP contribution in [0.2, 0.25) is 0 Å². The van der Waals surface area contributed by atoms with Crippen molar-refractivity contribution < 1.29 is 17.7 Å². The Morgan fingerprint density at radius 3 is 2.12 bits per heavy atom. The first kappa shape index (κ1) is 16.4. The second-order valence-corrected chi connectivity index (χ2v) is 5.65. The van der Waals surface area contributed by atoms with Gasteiger partial charge in [-0.25, -0.2) is 0 Å². The molecule has 0 fully saturated rings. The van der Waals surface area contributed by atoms with E-state index in [1.54, 1.807) is 18.7 Å². The Kier molecular flexibility index (Phi) is 8.24. The van der Waals surface area contributed by atoms with Crippen LogP contribution in [-0.4, -0.2) is 32.6 Å². The predicted octanol–water partition coefficient (Wildman–Crippen LogP) is 1.88. The van der Waals surface area contributed by atoms with Crippen molar-refractivity contribution in [2.24, 2.45) is 0 Å². The van der Waals surface area contributed by atoms with Gasteiger partial charge in [-0.3, -0.25) is 4.18 Å². The molecule has 4 nitrogen and oxygen atoms in total. The third-order valence-electron chi connectivity index (χ3n) is 1.60. The molecule has 0 spiro atoms. The molecule has 0 amide bonds. The summed E-state index contributed by atoms with van der Waals surface area (Å²) >= 11 is 1.64. The number of rotatable bonds is 4. The van der Waals surface area contributed by atoms with Crippen molar-refractivity contribution >= 4 is 21.9 Å². The molecule has 1 rings (SSSR count). The SMILES string of the molecule is CCO.CSc1ccc(COS(C)(=O)=O)cc1. The molecular formula is C11H18O4S2. The summed E-state index contributed by atoms with van der Waals surface area (Å²) in [6.07, 6.45) is 3.03. The Bertz CT molecular complexity index is 398. The van der Waals surface area contributed by atoms with Gasteiger partial charge in [0.05, 0.1) is 12.9 Å². The van der Waals surface area contributed by atoms with E-state index in [1.807, 2.05) is 30.5 Å². The molecule has 17 heavy (non-hydrogen) atoms. The molecule has 6 heteroatoms. The normalized spacial score (nSPS) is 10.6. The van der Waals surface area contributed by atoms with E-state index in [0.29, 0.717) is 0 Å². The van der Waals surface area contributed by atoms with Crippen molar-refractivity contribution in [3.8, 4) is 0 Å². The average Bonchev–Trinajstić information content (AvgIpc) is 2.27. The van der Waals surface area contributed by atoms with E-state index in [2.05, 4.69) is 4.18 Å². The van der Waals surface area contributed by atoms with Gasteiger partial charge < -0.3 is 5.11 Å². The summed E-state index contributed by atoms with van der Waals surface area (Å²) in [4.78, 5) is 1.15. The fraction of sp³-hybridized carbons (Fsp3) is 0.455. The van der Waals surface area contributed by atoms with Crippen LogP contribution in [0.5, 0.6) is 0 Å². The van der Waals surface area contributed by atoms with Crippen LogP contribution in [0.25, 0.3) is 0 Å². The molecule has 1 aromatic rings. The van der Waals surface area contributed by atoms with Gasteiger partial charge in [0.25, 0.3) is 10.1 Å². The summed E-state index contributed by atoms with van der Waals surface area (Å²) in [7, 11) is -3.34. The Morgan fingerprint density at radius 1 is 1.29 bits per heavy atom. The zero-order valence-corrected chi connectivity index (χ0v) is 11.8. The molecular weight excluding hydrogens is 260 g/mol. The number of aliphatic hydroxyl groups excluding tert-OH is 1. The smallest absolute Gasteiger partial charge is 0.264 e. The van der Waals surface area contributed by atoms with Crippen LogP contribution >= 0.6 is 11.8 Å². The van der Waals surface area contributed by atoms with E-state index >= 15 is 0 Å². The molecule has 0 saturated heterocycles. The zero-order chi connectivity index (χ0) is 13.3. The van der Waals surface area contributed by atoms with Crippen LogP contribution in [0.15, 0.2) is 29.2 Å². The van der Waals surface area contributed by atoms with Crippen LogP contribution in [0.1, 0.15) is 12.5 Å². The molecule has 0 bridgehead atoms. The first-order chi connectivity index (χ1) is 7.92. The lowest BCUT2D eigenvalue weighted by molar-refractivity contribution is 0.311. The monoisotopic (exact) mass is 278 g/mol. The first-order valence-corrected chi connectivity index (χ1v) is 8.05. The molecule has 0 atom stereocenters. The second-order valence-electron chi connectivity index (χ2n) is 3.13. The molecule has 0 saturated carbocycles. The van der Waals surface area contributed by atoms with Crippen molar-refractivity contribution in [1.29, 1.82) is 0 Å². The average molecular weight is 278 g/mol.